The number of hydrogen-bond acceptors (Lipinski definition) is 6. The summed E-state index contributed by atoms with van der Waals surface area (Å²) < 4.78 is 41.3. The van der Waals surface area contributed by atoms with Crippen molar-refractivity contribution in [3.63, 3.8) is 0 Å². The summed E-state index contributed by atoms with van der Waals surface area (Å²) in [7, 11) is 0. The summed E-state index contributed by atoms with van der Waals surface area (Å²) in [6.07, 6.45) is -2.51. The first-order valence-electron chi connectivity index (χ1n) is 9.53. The quantitative estimate of drug-likeness (QED) is 0.482. The van der Waals surface area contributed by atoms with Gasteiger partial charge >= 0.3 is 6.18 Å². The predicted molar refractivity (Wildman–Crippen MR) is 109 cm³/mol. The van der Waals surface area contributed by atoms with Crippen molar-refractivity contribution in [1.82, 2.24) is 24.8 Å². The van der Waals surface area contributed by atoms with Gasteiger partial charge in [0, 0.05) is 17.4 Å². The summed E-state index contributed by atoms with van der Waals surface area (Å²) in [6, 6.07) is 10.9. The third-order valence-corrected chi connectivity index (χ3v) is 4.79. The molecule has 160 valence electrons. The molecule has 4 rings (SSSR count). The molecule has 0 radical (unpaired) electrons. The molecule has 0 aliphatic heterocycles. The third kappa shape index (κ3) is 4.19. The minimum absolute atomic E-state index is 0.0922. The number of benzene rings is 1. The van der Waals surface area contributed by atoms with Crippen LogP contribution in [0.15, 0.2) is 54.9 Å². The molecule has 0 aliphatic carbocycles. The van der Waals surface area contributed by atoms with Gasteiger partial charge in [0.05, 0.1) is 23.6 Å². The van der Waals surface area contributed by atoms with Crippen molar-refractivity contribution in [2.24, 2.45) is 5.92 Å². The number of rotatable bonds is 5. The molecule has 3 heterocycles. The lowest BCUT2D eigenvalue weighted by Gasteiger charge is -2.15. The molecular weight excluding hydrogens is 409 g/mol. The zero-order chi connectivity index (χ0) is 22.2. The number of anilines is 2. The number of aliphatic hydroxyl groups excluding tert-OH is 1. The van der Waals surface area contributed by atoms with E-state index < -0.39 is 17.8 Å². The molecule has 31 heavy (non-hydrogen) atoms. The van der Waals surface area contributed by atoms with Gasteiger partial charge in [-0.2, -0.15) is 22.8 Å². The number of fused-ring (bicyclic) bond motifs is 1. The number of halogens is 3. The number of hydrogen-bond donors (Lipinski definition) is 2. The Hall–Kier alpha value is -3.53. The van der Waals surface area contributed by atoms with Crippen molar-refractivity contribution in [1.29, 1.82) is 0 Å². The molecule has 0 saturated carbocycles. The van der Waals surface area contributed by atoms with Crippen LogP contribution in [0.5, 0.6) is 0 Å². The van der Waals surface area contributed by atoms with Crippen molar-refractivity contribution < 1.29 is 18.3 Å². The van der Waals surface area contributed by atoms with Crippen LogP contribution < -0.4 is 5.32 Å². The minimum atomic E-state index is -4.54. The van der Waals surface area contributed by atoms with E-state index in [1.54, 1.807) is 12.1 Å². The van der Waals surface area contributed by atoms with Crippen molar-refractivity contribution in [2.75, 3.05) is 5.32 Å². The summed E-state index contributed by atoms with van der Waals surface area (Å²) in [6.45, 7) is 3.86. The second kappa shape index (κ2) is 7.95. The van der Waals surface area contributed by atoms with Gasteiger partial charge in [-0.3, -0.25) is 4.98 Å². The average Bonchev–Trinajstić information content (AvgIpc) is 3.15. The molecule has 0 fully saturated rings. The normalized spacial score (nSPS) is 13.0. The zero-order valence-corrected chi connectivity index (χ0v) is 16.7. The molecule has 2 N–H and O–H groups in total. The molecule has 0 spiro atoms. The van der Waals surface area contributed by atoms with Crippen molar-refractivity contribution >= 4 is 17.3 Å². The lowest BCUT2D eigenvalue weighted by molar-refractivity contribution is -0.137. The Kier molecular flexibility index (Phi) is 5.32. The van der Waals surface area contributed by atoms with E-state index in [0.717, 1.165) is 11.6 Å². The molecule has 1 atom stereocenters. The second-order valence-corrected chi connectivity index (χ2v) is 7.37. The molecule has 1 unspecified atom stereocenters. The van der Waals surface area contributed by atoms with Crippen molar-refractivity contribution in [3.05, 3.63) is 66.0 Å². The number of aromatic nitrogens is 5. The van der Waals surface area contributed by atoms with Gasteiger partial charge in [0.25, 0.3) is 0 Å². The fourth-order valence-electron chi connectivity index (χ4n) is 3.14. The lowest BCUT2D eigenvalue weighted by atomic mass is 9.99. The van der Waals surface area contributed by atoms with E-state index in [-0.39, 0.29) is 22.8 Å². The van der Waals surface area contributed by atoms with Crippen LogP contribution in [0.4, 0.5) is 24.8 Å². The van der Waals surface area contributed by atoms with Crippen LogP contribution in [0, 0.1) is 5.92 Å². The van der Waals surface area contributed by atoms with Crippen molar-refractivity contribution in [2.45, 2.75) is 26.1 Å². The Balaban J connectivity index is 1.62. The molecule has 3 aromatic heterocycles. The summed E-state index contributed by atoms with van der Waals surface area (Å²) in [4.78, 5) is 3.88. The second-order valence-electron chi connectivity index (χ2n) is 7.37. The maximum atomic E-state index is 13.3. The van der Waals surface area contributed by atoms with Crippen LogP contribution in [-0.4, -0.2) is 29.9 Å². The smallest absolute Gasteiger partial charge is 0.388 e. The van der Waals surface area contributed by atoms with E-state index in [1.165, 1.54) is 29.0 Å². The highest BCUT2D eigenvalue weighted by Crippen LogP contribution is 2.35. The topological polar surface area (TPSA) is 88.2 Å². The van der Waals surface area contributed by atoms with Crippen LogP contribution in [0.2, 0.25) is 0 Å². The van der Waals surface area contributed by atoms with E-state index in [1.807, 2.05) is 26.0 Å². The summed E-state index contributed by atoms with van der Waals surface area (Å²) >= 11 is 0. The van der Waals surface area contributed by atoms with Gasteiger partial charge in [-0.15, -0.1) is 10.2 Å². The van der Waals surface area contributed by atoms with Crippen LogP contribution >= 0.6 is 0 Å². The standard InChI is InChI=1S/C21H19F3N6O/c1-12(2)19(31)13-5-7-15(8-6-13)27-20-29-28-17-10-14(11-26-30(17)20)18-16(21(22,23)24)4-3-9-25-18/h3-12,19,31H,1-2H3,(H,27,29). The van der Waals surface area contributed by atoms with Crippen LogP contribution in [0.1, 0.15) is 31.1 Å². The first-order valence-corrected chi connectivity index (χ1v) is 9.53. The number of alkyl halides is 3. The van der Waals surface area contributed by atoms with Gasteiger partial charge in [-0.25, -0.2) is 0 Å². The van der Waals surface area contributed by atoms with Crippen LogP contribution in [-0.2, 0) is 6.18 Å². The highest BCUT2D eigenvalue weighted by atomic mass is 19.4. The molecule has 0 saturated heterocycles. The summed E-state index contributed by atoms with van der Waals surface area (Å²) in [5.74, 6) is 0.394. The molecule has 10 heteroatoms. The Bertz CT molecular complexity index is 1200. The summed E-state index contributed by atoms with van der Waals surface area (Å²) in [5.41, 5.74) is 0.885. The Morgan fingerprint density at radius 3 is 2.48 bits per heavy atom. The minimum Gasteiger partial charge on any atom is -0.388 e. The largest absolute Gasteiger partial charge is 0.418 e. The highest BCUT2D eigenvalue weighted by molar-refractivity contribution is 5.67. The van der Waals surface area contributed by atoms with Gasteiger partial charge < -0.3 is 10.4 Å². The van der Waals surface area contributed by atoms with E-state index in [2.05, 4.69) is 25.6 Å². The summed E-state index contributed by atoms with van der Waals surface area (Å²) in [5, 5.41) is 25.4. The third-order valence-electron chi connectivity index (χ3n) is 4.79. The molecule has 0 bridgehead atoms. The van der Waals surface area contributed by atoms with Crippen LogP contribution in [0.3, 0.4) is 0 Å². The van der Waals surface area contributed by atoms with E-state index >= 15 is 0 Å². The number of aliphatic hydroxyl groups is 1. The first-order chi connectivity index (χ1) is 14.7. The van der Waals surface area contributed by atoms with Gasteiger partial charge in [0.2, 0.25) is 5.95 Å². The Morgan fingerprint density at radius 1 is 1.06 bits per heavy atom. The maximum Gasteiger partial charge on any atom is 0.418 e. The highest BCUT2D eigenvalue weighted by Gasteiger charge is 2.34. The van der Waals surface area contributed by atoms with Gasteiger partial charge in [-0.1, -0.05) is 26.0 Å². The van der Waals surface area contributed by atoms with E-state index in [0.29, 0.717) is 11.6 Å². The Labute approximate surface area is 175 Å². The van der Waals surface area contributed by atoms with Gasteiger partial charge in [0.15, 0.2) is 5.65 Å². The first kappa shape index (κ1) is 20.7. The predicted octanol–water partition coefficient (Wildman–Crippen LogP) is 4.64. The maximum absolute atomic E-state index is 13.3. The van der Waals surface area contributed by atoms with E-state index in [9.17, 15) is 18.3 Å². The average molecular weight is 428 g/mol. The number of nitrogens with zero attached hydrogens (tertiary/aromatic N) is 5. The Morgan fingerprint density at radius 2 is 1.81 bits per heavy atom. The fraction of sp³-hybridized carbons (Fsp3) is 0.238. The van der Waals surface area contributed by atoms with Crippen molar-refractivity contribution in [3.8, 4) is 11.3 Å². The molecule has 0 aliphatic rings. The number of pyridine rings is 1. The van der Waals surface area contributed by atoms with Crippen LogP contribution in [0.25, 0.3) is 16.9 Å². The fourth-order valence-corrected chi connectivity index (χ4v) is 3.14. The van der Waals surface area contributed by atoms with E-state index in [4.69, 9.17) is 0 Å². The molecule has 7 nitrogen and oxygen atoms in total. The molecule has 1 aromatic carbocycles. The van der Waals surface area contributed by atoms with Gasteiger partial charge in [-0.05, 0) is 41.8 Å². The zero-order valence-electron chi connectivity index (χ0n) is 16.7. The molecule has 0 amide bonds. The van der Waals surface area contributed by atoms with Gasteiger partial charge in [0.1, 0.15) is 0 Å². The monoisotopic (exact) mass is 428 g/mol. The SMILES string of the molecule is CC(C)C(O)c1ccc(Nc2nnc3cc(-c4ncccc4C(F)(F)F)cnn23)cc1. The molecular formula is C21H19F3N6O. The molecule has 4 aromatic rings. The lowest BCUT2D eigenvalue weighted by Crippen LogP contribution is -2.08. The number of nitrogens with one attached hydrogen (secondary N) is 1.